The number of imide groups is 1. The Morgan fingerprint density at radius 2 is 1.77 bits per heavy atom. The van der Waals surface area contributed by atoms with Gasteiger partial charge >= 0.3 is 10.2 Å². The van der Waals surface area contributed by atoms with E-state index >= 15 is 8.78 Å². The third-order valence-electron chi connectivity index (χ3n) is 12.6. The van der Waals surface area contributed by atoms with Gasteiger partial charge in [-0.05, 0) is 72.4 Å². The predicted octanol–water partition coefficient (Wildman–Crippen LogP) is 4.45. The number of ether oxygens (including phenoxy) is 1. The molecule has 2 aromatic heterocycles. The maximum Gasteiger partial charge on any atom is 0.301 e. The lowest BCUT2D eigenvalue weighted by molar-refractivity contribution is -0.136. The van der Waals surface area contributed by atoms with E-state index in [1.807, 2.05) is 29.0 Å². The number of aromatic amines is 1. The highest BCUT2D eigenvalue weighted by molar-refractivity contribution is 7.90. The van der Waals surface area contributed by atoms with E-state index in [1.165, 1.54) is 18.2 Å². The molecule has 6 heterocycles. The summed E-state index contributed by atoms with van der Waals surface area (Å²) in [6.07, 6.45) is 1.54. The number of ketones is 1. The molecule has 3 saturated heterocycles. The van der Waals surface area contributed by atoms with Crippen molar-refractivity contribution < 1.29 is 50.6 Å². The zero-order chi connectivity index (χ0) is 45.7. The number of piperazine rings is 1. The maximum absolute atomic E-state index is 15.8. The normalized spacial score (nSPS) is 20.0. The molecular weight excluding hydrogens is 870 g/mol. The Labute approximate surface area is 371 Å². The molecule has 5 aromatic rings. The molecule has 0 radical (unpaired) electrons. The van der Waals surface area contributed by atoms with Gasteiger partial charge in [0, 0.05) is 93.4 Å². The van der Waals surface area contributed by atoms with Gasteiger partial charge in [-0.2, -0.15) is 12.7 Å². The van der Waals surface area contributed by atoms with Gasteiger partial charge in [-0.25, -0.2) is 18.2 Å². The summed E-state index contributed by atoms with van der Waals surface area (Å²) in [6, 6.07) is 13.8. The maximum atomic E-state index is 15.8. The van der Waals surface area contributed by atoms with Crippen LogP contribution < -0.4 is 19.7 Å². The van der Waals surface area contributed by atoms with E-state index in [2.05, 4.69) is 25.1 Å². The summed E-state index contributed by atoms with van der Waals surface area (Å²) in [4.78, 5) is 64.6. The van der Waals surface area contributed by atoms with Crippen molar-refractivity contribution in [2.45, 2.75) is 50.5 Å². The highest BCUT2D eigenvalue weighted by Gasteiger charge is 2.41. The summed E-state index contributed by atoms with van der Waals surface area (Å²) >= 11 is 0. The Bertz CT molecular complexity index is 2840. The van der Waals surface area contributed by atoms with Crippen LogP contribution in [0.1, 0.15) is 69.2 Å². The van der Waals surface area contributed by atoms with Crippen molar-refractivity contribution in [3.63, 3.8) is 0 Å². The van der Waals surface area contributed by atoms with Gasteiger partial charge in [0.25, 0.3) is 5.91 Å². The molecule has 3 atom stereocenters. The molecule has 65 heavy (non-hydrogen) atoms. The highest BCUT2D eigenvalue weighted by Crippen LogP contribution is 2.37. The number of carbonyl (C=O) groups excluding carboxylic acids is 4. The second-order valence-electron chi connectivity index (χ2n) is 16.6. The summed E-state index contributed by atoms with van der Waals surface area (Å²) in [5.74, 6) is -4.50. The van der Waals surface area contributed by atoms with Gasteiger partial charge in [-0.3, -0.25) is 34.1 Å². The van der Waals surface area contributed by atoms with Crippen molar-refractivity contribution in [3.05, 3.63) is 106 Å². The number of nitrogens with one attached hydrogen (secondary N) is 3. The second-order valence-corrected chi connectivity index (χ2v) is 18.3. The summed E-state index contributed by atoms with van der Waals surface area (Å²) < 4.78 is 78.6. The lowest BCUT2D eigenvalue weighted by atomic mass is 9.99. The third-order valence-corrected chi connectivity index (χ3v) is 14.1. The van der Waals surface area contributed by atoms with Gasteiger partial charge in [-0.15, -0.1) is 0 Å². The molecule has 3 fully saturated rings. The summed E-state index contributed by atoms with van der Waals surface area (Å²) in [7, 11) is -2.91. The van der Waals surface area contributed by atoms with Crippen LogP contribution in [-0.2, 0) is 26.3 Å². The number of fused-ring (bicyclic) bond motifs is 2. The first kappa shape index (κ1) is 43.9. The molecule has 3 amide bonds. The number of halogens is 3. The predicted molar refractivity (Wildman–Crippen MR) is 232 cm³/mol. The Hall–Kier alpha value is -6.35. The number of amides is 3. The Morgan fingerprint density at radius 3 is 2.48 bits per heavy atom. The highest BCUT2D eigenvalue weighted by atomic mass is 32.2. The molecule has 9 rings (SSSR count). The van der Waals surface area contributed by atoms with Gasteiger partial charge in [0.1, 0.15) is 29.4 Å². The van der Waals surface area contributed by atoms with Crippen molar-refractivity contribution in [2.75, 3.05) is 62.5 Å². The first-order valence-electron chi connectivity index (χ1n) is 21.2. The van der Waals surface area contributed by atoms with E-state index in [9.17, 15) is 37.1 Å². The van der Waals surface area contributed by atoms with Gasteiger partial charge in [0.05, 0.1) is 30.0 Å². The van der Waals surface area contributed by atoms with E-state index in [1.54, 1.807) is 24.4 Å². The average molecular weight is 915 g/mol. The molecule has 0 aliphatic carbocycles. The number of hydrogen-bond donors (Lipinski definition) is 4. The van der Waals surface area contributed by atoms with Crippen molar-refractivity contribution in [2.24, 2.45) is 0 Å². The molecule has 20 heteroatoms. The SMILES string of the molecule is COc1cc([C@H](O)CCN2CCN(c3ccc(-c4cnc5[nH]cc(C(=O)c6c(F)ccc(NS(=O)(=O)N7CCC(F)C7)c6F)c5c4)cc3)CC2)cc2c1C(=O)N([C@@H]1CCC(=O)NC1=O)C2. The monoisotopic (exact) mass is 914 g/mol. The molecule has 4 aliphatic rings. The van der Waals surface area contributed by atoms with Crippen molar-refractivity contribution in [1.29, 1.82) is 0 Å². The summed E-state index contributed by atoms with van der Waals surface area (Å²) in [5, 5.41) is 13.9. The zero-order valence-corrected chi connectivity index (χ0v) is 36.0. The molecule has 1 unspecified atom stereocenters. The Kier molecular flexibility index (Phi) is 11.9. The smallest absolute Gasteiger partial charge is 0.301 e. The van der Waals surface area contributed by atoms with Crippen LogP contribution in [0.4, 0.5) is 24.5 Å². The van der Waals surface area contributed by atoms with Crippen molar-refractivity contribution in [1.82, 2.24) is 29.4 Å². The Morgan fingerprint density at radius 1 is 1.00 bits per heavy atom. The van der Waals surface area contributed by atoms with Gasteiger partial charge < -0.3 is 24.6 Å². The number of anilines is 2. The fourth-order valence-corrected chi connectivity index (χ4v) is 10.3. The van der Waals surface area contributed by atoms with E-state index in [-0.39, 0.29) is 49.7 Å². The topological polar surface area (TPSA) is 198 Å². The third kappa shape index (κ3) is 8.53. The largest absolute Gasteiger partial charge is 0.496 e. The number of piperidine rings is 1. The minimum Gasteiger partial charge on any atom is -0.496 e. The molecule has 340 valence electrons. The number of rotatable bonds is 13. The number of benzene rings is 3. The number of aliphatic hydroxyl groups excluding tert-OH is 1. The van der Waals surface area contributed by atoms with Crippen molar-refractivity contribution in [3.8, 4) is 16.9 Å². The van der Waals surface area contributed by atoms with Crippen LogP contribution in [0.25, 0.3) is 22.2 Å². The standard InChI is InChI=1S/C45H45F3N8O8S/c1-64-37-20-26(18-28-23-56(45(61)39(28)37)35-8-9-38(58)51-44(35)60)36(57)11-12-53-14-16-54(17-15-53)30-4-2-25(3-5-30)27-19-31-32(22-50-43(31)49-21-27)42(59)40-33(47)6-7-34(41(40)48)52-65(62,63)55-13-10-29(46)24-55/h2-7,18-22,29,35-36,52,57H,8-17,23-24H2,1H3,(H,49,50)(H,51,58,60)/t29?,35-,36-/m1/s1. The van der Waals surface area contributed by atoms with Crippen LogP contribution in [-0.4, -0.2) is 126 Å². The van der Waals surface area contributed by atoms with Crippen LogP contribution in [0.3, 0.4) is 0 Å². The number of hydrogen-bond acceptors (Lipinski definition) is 11. The molecule has 4 aliphatic heterocycles. The molecule has 0 saturated carbocycles. The zero-order valence-electron chi connectivity index (χ0n) is 35.2. The summed E-state index contributed by atoms with van der Waals surface area (Å²) in [6.45, 7) is 3.24. The lowest BCUT2D eigenvalue weighted by Gasteiger charge is -2.36. The first-order valence-corrected chi connectivity index (χ1v) is 22.7. The van der Waals surface area contributed by atoms with Crippen LogP contribution in [0.5, 0.6) is 5.75 Å². The minimum atomic E-state index is -4.37. The number of H-pyrrole nitrogens is 1. The number of aromatic nitrogens is 2. The van der Waals surface area contributed by atoms with E-state index in [0.29, 0.717) is 52.0 Å². The molecule has 4 N–H and O–H groups in total. The van der Waals surface area contributed by atoms with Crippen LogP contribution >= 0.6 is 0 Å². The van der Waals surface area contributed by atoms with Gasteiger partial charge in [0.2, 0.25) is 17.6 Å². The Balaban J connectivity index is 0.818. The second kappa shape index (κ2) is 17.6. The minimum absolute atomic E-state index is 0.00822. The molecular formula is C45H45F3N8O8S. The number of aliphatic hydroxyl groups is 1. The van der Waals surface area contributed by atoms with Crippen LogP contribution in [0.2, 0.25) is 0 Å². The molecule has 0 bridgehead atoms. The fraction of sp³-hybridized carbons (Fsp3) is 0.356. The van der Waals surface area contributed by atoms with Gasteiger partial charge in [0.15, 0.2) is 5.82 Å². The average Bonchev–Trinajstić information content (AvgIpc) is 4.03. The molecule has 16 nitrogen and oxygen atoms in total. The van der Waals surface area contributed by atoms with Crippen LogP contribution in [0.15, 0.2) is 67.0 Å². The van der Waals surface area contributed by atoms with Gasteiger partial charge in [-0.1, -0.05) is 18.2 Å². The molecule has 0 spiro atoms. The fourth-order valence-electron chi connectivity index (χ4n) is 9.05. The lowest BCUT2D eigenvalue weighted by Crippen LogP contribution is -2.52. The van der Waals surface area contributed by atoms with Crippen LogP contribution in [0, 0.1) is 11.6 Å². The first-order chi connectivity index (χ1) is 31.2. The summed E-state index contributed by atoms with van der Waals surface area (Å²) in [5.41, 5.74) is 2.65. The number of pyridine rings is 1. The van der Waals surface area contributed by atoms with E-state index in [0.717, 1.165) is 53.9 Å². The van der Waals surface area contributed by atoms with E-state index in [4.69, 9.17) is 4.74 Å². The number of nitrogens with zero attached hydrogens (tertiary/aromatic N) is 5. The van der Waals surface area contributed by atoms with E-state index < -0.39 is 69.6 Å². The number of carbonyl (C=O) groups is 4. The quantitative estimate of drug-likeness (QED) is 0.0962. The van der Waals surface area contributed by atoms with Crippen molar-refractivity contribution >= 4 is 56.1 Å². The number of alkyl halides is 1. The number of methoxy groups -OCH3 is 1. The molecule has 3 aromatic carbocycles.